The number of hydrogen-bond acceptors (Lipinski definition) is 1. The van der Waals surface area contributed by atoms with Crippen LogP contribution in [0.3, 0.4) is 0 Å². The molecule has 178 valence electrons. The molecule has 0 spiro atoms. The summed E-state index contributed by atoms with van der Waals surface area (Å²) in [5.41, 5.74) is -3.62. The van der Waals surface area contributed by atoms with Crippen LogP contribution in [0.15, 0.2) is 36.4 Å². The van der Waals surface area contributed by atoms with E-state index in [0.29, 0.717) is 18.2 Å². The van der Waals surface area contributed by atoms with Gasteiger partial charge in [-0.2, -0.15) is 26.3 Å². The summed E-state index contributed by atoms with van der Waals surface area (Å²) in [4.78, 5) is 12.2. The third-order valence-electron chi connectivity index (χ3n) is 5.10. The topological polar surface area (TPSA) is 17.1 Å². The molecule has 2 aromatic carbocycles. The van der Waals surface area contributed by atoms with Crippen molar-refractivity contribution in [3.05, 3.63) is 74.5 Å². The number of benzene rings is 2. The average molecular weight is 517 g/mol. The second kappa shape index (κ2) is 9.25. The highest BCUT2D eigenvalue weighted by atomic mass is 35.5. The van der Waals surface area contributed by atoms with Crippen molar-refractivity contribution in [1.82, 2.24) is 0 Å². The van der Waals surface area contributed by atoms with E-state index in [1.165, 1.54) is 0 Å². The molecule has 1 aliphatic rings. The van der Waals surface area contributed by atoms with Gasteiger partial charge in [0.15, 0.2) is 11.6 Å². The average Bonchev–Trinajstić information content (AvgIpc) is 3.51. The third kappa shape index (κ3) is 6.06. The van der Waals surface area contributed by atoms with Crippen molar-refractivity contribution in [3.63, 3.8) is 0 Å². The Hall–Kier alpha value is -2.13. The first-order chi connectivity index (χ1) is 15.2. The molecule has 1 fully saturated rings. The molecule has 0 heterocycles. The van der Waals surface area contributed by atoms with E-state index in [1.54, 1.807) is 0 Å². The van der Waals surface area contributed by atoms with Gasteiger partial charge in [-0.05, 0) is 48.6 Å². The highest BCUT2D eigenvalue weighted by molar-refractivity contribution is 6.35. The van der Waals surface area contributed by atoms with Gasteiger partial charge in [-0.1, -0.05) is 35.3 Å². The Bertz CT molecular complexity index is 1080. The van der Waals surface area contributed by atoms with Gasteiger partial charge in [0.2, 0.25) is 0 Å². The van der Waals surface area contributed by atoms with E-state index in [-0.39, 0.29) is 18.4 Å². The van der Waals surface area contributed by atoms with Gasteiger partial charge in [0.1, 0.15) is 11.7 Å². The van der Waals surface area contributed by atoms with Crippen LogP contribution in [-0.2, 0) is 6.18 Å². The summed E-state index contributed by atoms with van der Waals surface area (Å²) in [5, 5.41) is -1.48. The lowest BCUT2D eigenvalue weighted by molar-refractivity contribution is -0.140. The van der Waals surface area contributed by atoms with Crippen LogP contribution in [0.1, 0.15) is 52.2 Å². The number of carbonyl (C=O) groups is 1. The molecule has 0 amide bonds. The van der Waals surface area contributed by atoms with Gasteiger partial charge >= 0.3 is 12.4 Å². The number of carbonyl (C=O) groups excluding carboxylic acids is 1. The Kier molecular flexibility index (Phi) is 7.15. The molecule has 0 bridgehead atoms. The molecular weight excluding hydrogens is 503 g/mol. The maximum atomic E-state index is 14.8. The Morgan fingerprint density at radius 3 is 2.09 bits per heavy atom. The molecule has 33 heavy (non-hydrogen) atoms. The van der Waals surface area contributed by atoms with Gasteiger partial charge < -0.3 is 0 Å². The van der Waals surface area contributed by atoms with Gasteiger partial charge in [-0.3, -0.25) is 4.79 Å². The van der Waals surface area contributed by atoms with Crippen LogP contribution >= 0.6 is 23.2 Å². The van der Waals surface area contributed by atoms with E-state index in [4.69, 9.17) is 23.2 Å². The summed E-state index contributed by atoms with van der Waals surface area (Å²) < 4.78 is 110. The smallest absolute Gasteiger partial charge is 0.294 e. The number of allylic oxidation sites excluding steroid dienone is 1. The fraction of sp³-hybridized carbons (Fsp3) is 0.318. The molecule has 0 saturated heterocycles. The summed E-state index contributed by atoms with van der Waals surface area (Å²) in [6.07, 6.45) is -8.75. The van der Waals surface area contributed by atoms with E-state index in [1.807, 2.05) is 0 Å². The SMILES string of the molecule is O=C(CC1CC1)c1ccc(/C(F)=C/C(c2cc(Cl)c(F)c(Cl)c2)C(F)(F)F)cc1C(F)(F)F. The minimum atomic E-state index is -5.10. The molecule has 0 radical (unpaired) electrons. The number of Topliss-reactive ketones (excluding diaryl/α,β-unsaturated/α-hetero) is 1. The monoisotopic (exact) mass is 516 g/mol. The van der Waals surface area contributed by atoms with Crippen LogP contribution in [0.25, 0.3) is 5.83 Å². The van der Waals surface area contributed by atoms with Crippen LogP contribution in [0.5, 0.6) is 0 Å². The second-order valence-electron chi connectivity index (χ2n) is 7.66. The highest BCUT2D eigenvalue weighted by Crippen LogP contribution is 2.42. The van der Waals surface area contributed by atoms with Gasteiger partial charge in [0.25, 0.3) is 0 Å². The van der Waals surface area contributed by atoms with Gasteiger partial charge in [0, 0.05) is 17.5 Å². The summed E-state index contributed by atoms with van der Waals surface area (Å²) in [7, 11) is 0. The minimum absolute atomic E-state index is 0.00297. The van der Waals surface area contributed by atoms with Crippen LogP contribution in [0, 0.1) is 11.7 Å². The molecule has 1 aliphatic carbocycles. The van der Waals surface area contributed by atoms with Crippen molar-refractivity contribution in [2.45, 2.75) is 37.5 Å². The number of hydrogen-bond donors (Lipinski definition) is 0. The predicted octanol–water partition coefficient (Wildman–Crippen LogP) is 8.79. The molecule has 0 N–H and O–H groups in total. The number of ketones is 1. The minimum Gasteiger partial charge on any atom is -0.294 e. The molecular formula is C22H14Cl2F8O. The van der Waals surface area contributed by atoms with E-state index >= 15 is 0 Å². The van der Waals surface area contributed by atoms with Crippen LogP contribution in [0.4, 0.5) is 35.1 Å². The fourth-order valence-corrected chi connectivity index (χ4v) is 3.75. The Balaban J connectivity index is 2.04. The van der Waals surface area contributed by atoms with Crippen molar-refractivity contribution < 1.29 is 39.9 Å². The lowest BCUT2D eigenvalue weighted by Crippen LogP contribution is -2.19. The molecule has 0 aliphatic heterocycles. The van der Waals surface area contributed by atoms with Crippen molar-refractivity contribution in [2.75, 3.05) is 0 Å². The molecule has 1 saturated carbocycles. The quantitative estimate of drug-likeness (QED) is 0.213. The standard InChI is InChI=1S/C22H14Cl2F8O/c23-16-7-12(8-17(24)20(16)26)14(21(27,28)29)9-18(25)11-3-4-13(15(6-11)22(30,31)32)19(33)5-10-1-2-10/h3-4,6-10,14H,1-2,5H2/b18-9-. The van der Waals surface area contributed by atoms with Crippen LogP contribution < -0.4 is 0 Å². The van der Waals surface area contributed by atoms with Crippen molar-refractivity contribution in [1.29, 1.82) is 0 Å². The van der Waals surface area contributed by atoms with E-state index in [2.05, 4.69) is 0 Å². The fourth-order valence-electron chi connectivity index (χ4n) is 3.24. The first-order valence-corrected chi connectivity index (χ1v) is 10.3. The maximum absolute atomic E-state index is 14.8. The zero-order chi connectivity index (χ0) is 24.7. The third-order valence-corrected chi connectivity index (χ3v) is 5.65. The predicted molar refractivity (Wildman–Crippen MR) is 107 cm³/mol. The van der Waals surface area contributed by atoms with Crippen LogP contribution in [0.2, 0.25) is 10.0 Å². The van der Waals surface area contributed by atoms with E-state index < -0.39 is 68.0 Å². The number of rotatable bonds is 6. The van der Waals surface area contributed by atoms with Gasteiger partial charge in [-0.15, -0.1) is 0 Å². The largest absolute Gasteiger partial charge is 0.417 e. The first-order valence-electron chi connectivity index (χ1n) is 9.51. The van der Waals surface area contributed by atoms with Gasteiger partial charge in [-0.25, -0.2) is 8.78 Å². The molecule has 0 aromatic heterocycles. The summed E-state index contributed by atoms with van der Waals surface area (Å²) in [6.45, 7) is 0. The second-order valence-corrected chi connectivity index (χ2v) is 8.48. The molecule has 2 aromatic rings. The molecule has 1 unspecified atom stereocenters. The molecule has 1 atom stereocenters. The Morgan fingerprint density at radius 2 is 1.61 bits per heavy atom. The highest BCUT2D eigenvalue weighted by Gasteiger charge is 2.41. The van der Waals surface area contributed by atoms with E-state index in [0.717, 1.165) is 25.0 Å². The number of halogens is 10. The molecule has 3 rings (SSSR count). The van der Waals surface area contributed by atoms with Crippen molar-refractivity contribution in [2.24, 2.45) is 5.92 Å². The zero-order valence-corrected chi connectivity index (χ0v) is 17.9. The van der Waals surface area contributed by atoms with Crippen molar-refractivity contribution >= 4 is 34.8 Å². The molecule has 11 heteroatoms. The lowest BCUT2D eigenvalue weighted by atomic mass is 9.94. The normalized spacial score (nSPS) is 16.1. The van der Waals surface area contributed by atoms with Gasteiger partial charge in [0.05, 0.1) is 15.6 Å². The Morgan fingerprint density at radius 1 is 1.03 bits per heavy atom. The summed E-state index contributed by atoms with van der Waals surface area (Å²) in [5.74, 6) is -6.26. The van der Waals surface area contributed by atoms with Crippen molar-refractivity contribution in [3.8, 4) is 0 Å². The zero-order valence-electron chi connectivity index (χ0n) is 16.4. The van der Waals surface area contributed by atoms with E-state index in [9.17, 15) is 39.9 Å². The number of alkyl halides is 6. The molecule has 1 nitrogen and oxygen atoms in total. The Labute approximate surface area is 193 Å². The summed E-state index contributed by atoms with van der Waals surface area (Å²) in [6, 6.07) is 3.06. The van der Waals surface area contributed by atoms with Crippen LogP contribution in [-0.4, -0.2) is 12.0 Å². The summed E-state index contributed by atoms with van der Waals surface area (Å²) >= 11 is 11.1. The maximum Gasteiger partial charge on any atom is 0.417 e. The first kappa shape index (κ1) is 25.5. The lowest BCUT2D eigenvalue weighted by Gasteiger charge is -2.19.